The Hall–Kier alpha value is -7.78. The van der Waals surface area contributed by atoms with E-state index in [4.69, 9.17) is 6.57 Å². The summed E-state index contributed by atoms with van der Waals surface area (Å²) in [7, 11) is 0. The highest BCUT2D eigenvalue weighted by molar-refractivity contribution is 5.91. The van der Waals surface area contributed by atoms with E-state index < -0.39 is 17.9 Å². The number of piperazine rings is 1. The van der Waals surface area contributed by atoms with Gasteiger partial charge in [-0.05, 0) is 71.5 Å². The molecule has 1 heterocycles. The molecule has 0 amide bonds. The second-order valence-electron chi connectivity index (χ2n) is 12.4. The number of nitrogens with zero attached hydrogens (tertiary/aromatic N) is 8. The molecule has 0 spiro atoms. The van der Waals surface area contributed by atoms with Crippen LogP contribution < -0.4 is 0 Å². The van der Waals surface area contributed by atoms with E-state index in [0.29, 0.717) is 56.7 Å². The number of aromatic carboxylic acids is 2. The number of aliphatic hydroxyl groups is 1. The van der Waals surface area contributed by atoms with Crippen molar-refractivity contribution >= 4 is 23.1 Å². The van der Waals surface area contributed by atoms with Crippen LogP contribution in [0.3, 0.4) is 0 Å². The van der Waals surface area contributed by atoms with E-state index in [-0.39, 0.29) is 45.7 Å². The first-order chi connectivity index (χ1) is 27.1. The van der Waals surface area contributed by atoms with Crippen molar-refractivity contribution in [1.29, 1.82) is 26.3 Å². The average Bonchev–Trinajstić information content (AvgIpc) is 3.62. The summed E-state index contributed by atoms with van der Waals surface area (Å²) in [6.07, 6.45) is 11.3. The molecule has 13 nitrogen and oxygen atoms in total. The van der Waals surface area contributed by atoms with Crippen LogP contribution in [0.1, 0.15) is 44.7 Å². The number of allylic oxidation sites excluding steroid dienone is 13. The highest BCUT2D eigenvalue weighted by Gasteiger charge is 2.27. The third kappa shape index (κ3) is 9.80. The van der Waals surface area contributed by atoms with Crippen LogP contribution in [-0.2, 0) is 0 Å². The first kappa shape index (κ1) is 41.0. The van der Waals surface area contributed by atoms with Gasteiger partial charge < -0.3 is 20.2 Å². The van der Waals surface area contributed by atoms with Crippen LogP contribution in [-0.4, -0.2) is 76.4 Å². The predicted molar refractivity (Wildman–Crippen MR) is 205 cm³/mol. The quantitative estimate of drug-likeness (QED) is 0.122. The Morgan fingerprint density at radius 3 is 1.89 bits per heavy atom. The summed E-state index contributed by atoms with van der Waals surface area (Å²) in [5, 5.41) is 77.5. The molecule has 0 bridgehead atoms. The summed E-state index contributed by atoms with van der Waals surface area (Å²) in [6, 6.07) is 21.0. The van der Waals surface area contributed by atoms with Crippen molar-refractivity contribution in [3.63, 3.8) is 0 Å². The maximum absolute atomic E-state index is 11.4. The molecule has 0 saturated carbocycles. The number of carboxylic acid groups (broad SMARTS) is 2. The molecule has 2 aromatic carbocycles. The van der Waals surface area contributed by atoms with Gasteiger partial charge in [0.25, 0.3) is 5.70 Å². The summed E-state index contributed by atoms with van der Waals surface area (Å²) < 4.78 is 0. The number of hydrogen-bond donors (Lipinski definition) is 3. The van der Waals surface area contributed by atoms with Crippen LogP contribution in [0.15, 0.2) is 119 Å². The number of carbonyl (C=O) groups is 2. The largest absolute Gasteiger partial charge is 0.478 e. The van der Waals surface area contributed by atoms with Crippen molar-refractivity contribution < 1.29 is 24.9 Å². The Kier molecular flexibility index (Phi) is 14.6. The fraction of sp³-hybridized carbons (Fsp3) is 0.209. The molecule has 0 atom stereocenters. The van der Waals surface area contributed by atoms with Gasteiger partial charge in [-0.25, -0.2) is 19.7 Å². The van der Waals surface area contributed by atoms with E-state index in [1.807, 2.05) is 30.4 Å². The van der Waals surface area contributed by atoms with E-state index in [1.165, 1.54) is 60.7 Å². The molecular weight excluding hydrogens is 709 g/mol. The molecule has 13 heteroatoms. The second-order valence-corrected chi connectivity index (χ2v) is 12.4. The van der Waals surface area contributed by atoms with Gasteiger partial charge in [0.05, 0.1) is 65.8 Å². The van der Waals surface area contributed by atoms with E-state index in [9.17, 15) is 51.2 Å². The Morgan fingerprint density at radius 1 is 0.804 bits per heavy atom. The van der Waals surface area contributed by atoms with Crippen LogP contribution in [0, 0.1) is 69.1 Å². The topological polar surface area (TPSA) is 225 Å². The normalized spacial score (nSPS) is 16.4. The van der Waals surface area contributed by atoms with Crippen LogP contribution in [0.25, 0.3) is 16.0 Å². The van der Waals surface area contributed by atoms with Crippen molar-refractivity contribution in [3.8, 4) is 30.3 Å². The SMILES string of the molecule is [C-]#[N+]/C(C#N)=C(/C(C#N)=C/C=C/C1=C(N2CCN(CCO)CC2)C(=C/C=C/C(C#N)=C(\c2ccc(C(=O)O)cc2)C(C#N)C#N)/CC1)c1ccc(C(=O)O)cc1. The van der Waals surface area contributed by atoms with Gasteiger partial charge in [-0.15, -0.1) is 0 Å². The molecule has 1 aliphatic carbocycles. The van der Waals surface area contributed by atoms with Crippen LogP contribution in [0.5, 0.6) is 0 Å². The summed E-state index contributed by atoms with van der Waals surface area (Å²) in [5.41, 5.74) is 3.56. The standard InChI is InChI=1S/C43H34N8O5/c1-49-38(28-48)40(30-10-16-34(17-11-30)43(55)56)36(25-45)7-3-5-32-13-12-31(41(32)51-20-18-50(19-21-51)22-23-52)4-2-6-35(24-44)39(37(26-46)27-47)29-8-14-33(15-9-29)42(53)54/h2-11,14-17,37,52H,12-13,18-23H2,(H,53,54)(H,55,56)/b5-3+,6-2+,31-4+,36-7+,39-35-,40-38+. The fourth-order valence-corrected chi connectivity index (χ4v) is 6.43. The molecule has 0 radical (unpaired) electrons. The Labute approximate surface area is 324 Å². The Balaban J connectivity index is 1.78. The van der Waals surface area contributed by atoms with Gasteiger partial charge in [-0.3, -0.25) is 4.90 Å². The minimum absolute atomic E-state index is 0.00881. The average molecular weight is 743 g/mol. The minimum atomic E-state index is -1.30. The van der Waals surface area contributed by atoms with Crippen LogP contribution in [0.4, 0.5) is 0 Å². The number of rotatable bonds is 13. The summed E-state index contributed by atoms with van der Waals surface area (Å²) in [6.45, 7) is 10.9. The van der Waals surface area contributed by atoms with E-state index >= 15 is 0 Å². The van der Waals surface area contributed by atoms with Gasteiger partial charge in [-0.2, -0.15) is 21.0 Å². The van der Waals surface area contributed by atoms with Gasteiger partial charge in [0.15, 0.2) is 5.92 Å². The van der Waals surface area contributed by atoms with E-state index in [0.717, 1.165) is 16.8 Å². The third-order valence-electron chi connectivity index (χ3n) is 9.16. The lowest BCUT2D eigenvalue weighted by atomic mass is 9.89. The molecule has 4 rings (SSSR count). The minimum Gasteiger partial charge on any atom is -0.478 e. The molecule has 2 aliphatic rings. The van der Waals surface area contributed by atoms with Crippen LogP contribution >= 0.6 is 0 Å². The zero-order valence-corrected chi connectivity index (χ0v) is 30.1. The molecule has 276 valence electrons. The van der Waals surface area contributed by atoms with Crippen molar-refractivity contribution in [2.45, 2.75) is 12.8 Å². The highest BCUT2D eigenvalue weighted by Crippen LogP contribution is 2.36. The molecule has 3 N–H and O–H groups in total. The number of nitriles is 5. The maximum atomic E-state index is 11.4. The number of β-amino-alcohol motifs (C(OH)–C–C–N with tert-alkyl or cyclic N) is 1. The van der Waals surface area contributed by atoms with Gasteiger partial charge in [-0.1, -0.05) is 48.6 Å². The molecule has 0 aromatic heterocycles. The lowest BCUT2D eigenvalue weighted by Crippen LogP contribution is -2.46. The second kappa shape index (κ2) is 19.9. The van der Waals surface area contributed by atoms with Gasteiger partial charge in [0.1, 0.15) is 0 Å². The zero-order chi connectivity index (χ0) is 40.6. The van der Waals surface area contributed by atoms with E-state index in [2.05, 4.69) is 26.8 Å². The van der Waals surface area contributed by atoms with Crippen molar-refractivity contribution in [2.24, 2.45) is 5.92 Å². The Bertz CT molecular complexity index is 2320. The molecule has 2 aromatic rings. The molecule has 0 unspecified atom stereocenters. The zero-order valence-electron chi connectivity index (χ0n) is 30.1. The first-order valence-corrected chi connectivity index (χ1v) is 17.2. The van der Waals surface area contributed by atoms with Gasteiger partial charge in [0, 0.05) is 49.6 Å². The molecule has 1 saturated heterocycles. The lowest BCUT2D eigenvalue weighted by molar-refractivity contribution is 0.0686. The van der Waals surface area contributed by atoms with Crippen LogP contribution in [0.2, 0.25) is 0 Å². The van der Waals surface area contributed by atoms with Crippen molar-refractivity contribution in [1.82, 2.24) is 9.80 Å². The maximum Gasteiger partial charge on any atom is 0.335 e. The lowest BCUT2D eigenvalue weighted by Gasteiger charge is -2.37. The monoisotopic (exact) mass is 742 g/mol. The van der Waals surface area contributed by atoms with Gasteiger partial charge >= 0.3 is 11.9 Å². The molecule has 1 aliphatic heterocycles. The van der Waals surface area contributed by atoms with E-state index in [1.54, 1.807) is 12.2 Å². The third-order valence-corrected chi connectivity index (χ3v) is 9.16. The molecular formula is C43H34N8O5. The first-order valence-electron chi connectivity index (χ1n) is 17.2. The molecule has 56 heavy (non-hydrogen) atoms. The Morgan fingerprint density at radius 2 is 1.39 bits per heavy atom. The van der Waals surface area contributed by atoms with Crippen molar-refractivity contribution in [2.75, 3.05) is 39.3 Å². The van der Waals surface area contributed by atoms with Gasteiger partial charge in [0.2, 0.25) is 0 Å². The predicted octanol–water partition coefficient (Wildman–Crippen LogP) is 6.02. The fourth-order valence-electron chi connectivity index (χ4n) is 6.43. The van der Waals surface area contributed by atoms with Crippen molar-refractivity contribution in [3.05, 3.63) is 152 Å². The number of hydrogen-bond acceptors (Lipinski definition) is 10. The summed E-state index contributed by atoms with van der Waals surface area (Å²) in [5.74, 6) is -3.58. The summed E-state index contributed by atoms with van der Waals surface area (Å²) >= 11 is 0. The number of benzene rings is 2. The smallest absolute Gasteiger partial charge is 0.335 e. The number of aliphatic hydroxyl groups excluding tert-OH is 1. The highest BCUT2D eigenvalue weighted by atomic mass is 16.4. The molecule has 1 fully saturated rings. The number of carboxylic acids is 2. The summed E-state index contributed by atoms with van der Waals surface area (Å²) in [4.78, 5) is 30.5.